The van der Waals surface area contributed by atoms with Crippen LogP contribution in [-0.2, 0) is 0 Å². The fourth-order valence-electron chi connectivity index (χ4n) is 2.89. The SMILES string of the molecule is Cc1ccc(Br)c(C(=O)NCC2CCCCC2CBr)c1. The Hall–Kier alpha value is -0.350. The van der Waals surface area contributed by atoms with Gasteiger partial charge in [-0.05, 0) is 59.7 Å². The Morgan fingerprint density at radius 3 is 2.70 bits per heavy atom. The van der Waals surface area contributed by atoms with Crippen LogP contribution in [0.15, 0.2) is 22.7 Å². The number of nitrogens with one attached hydrogen (secondary N) is 1. The number of aryl methyl sites for hydroxylation is 1. The van der Waals surface area contributed by atoms with E-state index in [1.807, 2.05) is 25.1 Å². The molecule has 1 aliphatic carbocycles. The van der Waals surface area contributed by atoms with E-state index in [0.717, 1.165) is 27.5 Å². The first-order chi connectivity index (χ1) is 9.61. The van der Waals surface area contributed by atoms with E-state index in [9.17, 15) is 4.79 Å². The Morgan fingerprint density at radius 1 is 1.30 bits per heavy atom. The third kappa shape index (κ3) is 4.08. The minimum absolute atomic E-state index is 0.0273. The number of alkyl halides is 1. The molecule has 1 fully saturated rings. The maximum Gasteiger partial charge on any atom is 0.252 e. The topological polar surface area (TPSA) is 29.1 Å². The van der Waals surface area contributed by atoms with E-state index in [1.165, 1.54) is 25.7 Å². The lowest BCUT2D eigenvalue weighted by Gasteiger charge is -2.30. The van der Waals surface area contributed by atoms with Gasteiger partial charge in [0.25, 0.3) is 5.91 Å². The van der Waals surface area contributed by atoms with Crippen molar-refractivity contribution >= 4 is 37.8 Å². The zero-order valence-corrected chi connectivity index (χ0v) is 15.0. The maximum absolute atomic E-state index is 12.3. The van der Waals surface area contributed by atoms with Gasteiger partial charge < -0.3 is 5.32 Å². The van der Waals surface area contributed by atoms with Crippen LogP contribution in [0.3, 0.4) is 0 Å². The second kappa shape index (κ2) is 7.60. The molecule has 4 heteroatoms. The number of benzene rings is 1. The molecule has 1 aromatic carbocycles. The Morgan fingerprint density at radius 2 is 2.00 bits per heavy atom. The Bertz CT molecular complexity index is 476. The third-order valence-electron chi connectivity index (χ3n) is 4.16. The van der Waals surface area contributed by atoms with Gasteiger partial charge in [-0.3, -0.25) is 4.79 Å². The van der Waals surface area contributed by atoms with E-state index in [-0.39, 0.29) is 5.91 Å². The lowest BCUT2D eigenvalue weighted by Crippen LogP contribution is -2.35. The normalized spacial score (nSPS) is 22.6. The average molecular weight is 403 g/mol. The Labute approximate surface area is 138 Å². The van der Waals surface area contributed by atoms with E-state index < -0.39 is 0 Å². The van der Waals surface area contributed by atoms with Crippen molar-refractivity contribution in [3.8, 4) is 0 Å². The van der Waals surface area contributed by atoms with E-state index >= 15 is 0 Å². The molecule has 0 aromatic heterocycles. The highest BCUT2D eigenvalue weighted by Gasteiger charge is 2.24. The molecule has 0 bridgehead atoms. The first kappa shape index (κ1) is 16.0. The van der Waals surface area contributed by atoms with Gasteiger partial charge in [-0.2, -0.15) is 0 Å². The van der Waals surface area contributed by atoms with Crippen molar-refractivity contribution < 1.29 is 4.79 Å². The molecular formula is C16H21Br2NO. The van der Waals surface area contributed by atoms with Crippen LogP contribution in [0, 0.1) is 18.8 Å². The number of halogens is 2. The zero-order valence-electron chi connectivity index (χ0n) is 11.8. The quantitative estimate of drug-likeness (QED) is 0.727. The van der Waals surface area contributed by atoms with Gasteiger partial charge in [0.2, 0.25) is 0 Å². The molecule has 0 spiro atoms. The molecule has 0 aliphatic heterocycles. The minimum atomic E-state index is 0.0273. The molecule has 0 heterocycles. The van der Waals surface area contributed by atoms with Gasteiger partial charge in [-0.25, -0.2) is 0 Å². The summed E-state index contributed by atoms with van der Waals surface area (Å²) in [7, 11) is 0. The summed E-state index contributed by atoms with van der Waals surface area (Å²) in [5.74, 6) is 1.33. The summed E-state index contributed by atoms with van der Waals surface area (Å²) in [6, 6.07) is 5.87. The highest BCUT2D eigenvalue weighted by Crippen LogP contribution is 2.31. The fourth-order valence-corrected chi connectivity index (χ4v) is 4.17. The van der Waals surface area contributed by atoms with Crippen molar-refractivity contribution in [2.45, 2.75) is 32.6 Å². The molecule has 2 nitrogen and oxygen atoms in total. The summed E-state index contributed by atoms with van der Waals surface area (Å²) in [4.78, 5) is 12.3. The second-order valence-electron chi connectivity index (χ2n) is 5.65. The molecule has 1 aromatic rings. The van der Waals surface area contributed by atoms with Gasteiger partial charge in [0, 0.05) is 16.3 Å². The summed E-state index contributed by atoms with van der Waals surface area (Å²) in [5, 5.41) is 4.15. The van der Waals surface area contributed by atoms with Gasteiger partial charge >= 0.3 is 0 Å². The zero-order chi connectivity index (χ0) is 14.5. The molecular weight excluding hydrogens is 382 g/mol. The number of hydrogen-bond acceptors (Lipinski definition) is 1. The minimum Gasteiger partial charge on any atom is -0.352 e. The van der Waals surface area contributed by atoms with Crippen LogP contribution in [0.4, 0.5) is 0 Å². The first-order valence-electron chi connectivity index (χ1n) is 7.22. The number of carbonyl (C=O) groups is 1. The molecule has 1 amide bonds. The molecule has 2 unspecified atom stereocenters. The molecule has 2 atom stereocenters. The molecule has 110 valence electrons. The van der Waals surface area contributed by atoms with Crippen LogP contribution in [0.1, 0.15) is 41.6 Å². The third-order valence-corrected chi connectivity index (χ3v) is 5.68. The van der Waals surface area contributed by atoms with E-state index in [0.29, 0.717) is 11.8 Å². The van der Waals surface area contributed by atoms with Gasteiger partial charge in [-0.15, -0.1) is 0 Å². The van der Waals surface area contributed by atoms with Crippen molar-refractivity contribution in [2.75, 3.05) is 11.9 Å². The van der Waals surface area contributed by atoms with Gasteiger partial charge in [0.1, 0.15) is 0 Å². The first-order valence-corrected chi connectivity index (χ1v) is 9.13. The number of rotatable bonds is 4. The average Bonchev–Trinajstić information content (AvgIpc) is 2.47. The van der Waals surface area contributed by atoms with Crippen molar-refractivity contribution in [3.63, 3.8) is 0 Å². The molecule has 20 heavy (non-hydrogen) atoms. The van der Waals surface area contributed by atoms with Crippen molar-refractivity contribution in [3.05, 3.63) is 33.8 Å². The summed E-state index contributed by atoms with van der Waals surface area (Å²) in [6.45, 7) is 2.79. The highest BCUT2D eigenvalue weighted by atomic mass is 79.9. The van der Waals surface area contributed by atoms with Crippen LogP contribution in [0.2, 0.25) is 0 Å². The van der Waals surface area contributed by atoms with Crippen LogP contribution in [0.5, 0.6) is 0 Å². The maximum atomic E-state index is 12.3. The number of hydrogen-bond donors (Lipinski definition) is 1. The predicted molar refractivity (Wildman–Crippen MR) is 90.5 cm³/mol. The van der Waals surface area contributed by atoms with Gasteiger partial charge in [0.05, 0.1) is 5.56 Å². The summed E-state index contributed by atoms with van der Waals surface area (Å²) in [6.07, 6.45) is 5.12. The van der Waals surface area contributed by atoms with Crippen LogP contribution >= 0.6 is 31.9 Å². The van der Waals surface area contributed by atoms with Crippen LogP contribution in [-0.4, -0.2) is 17.8 Å². The number of carbonyl (C=O) groups excluding carboxylic acids is 1. The predicted octanol–water partition coefficient (Wildman–Crippen LogP) is 4.69. The van der Waals surface area contributed by atoms with E-state index in [1.54, 1.807) is 0 Å². The summed E-state index contributed by atoms with van der Waals surface area (Å²) >= 11 is 7.06. The second-order valence-corrected chi connectivity index (χ2v) is 7.15. The molecule has 1 aliphatic rings. The van der Waals surface area contributed by atoms with Gasteiger partial charge in [-0.1, -0.05) is 40.4 Å². The molecule has 1 saturated carbocycles. The van der Waals surface area contributed by atoms with Crippen molar-refractivity contribution in [1.29, 1.82) is 0 Å². The van der Waals surface area contributed by atoms with Crippen molar-refractivity contribution in [2.24, 2.45) is 11.8 Å². The van der Waals surface area contributed by atoms with Crippen LogP contribution in [0.25, 0.3) is 0 Å². The van der Waals surface area contributed by atoms with Gasteiger partial charge in [0.15, 0.2) is 0 Å². The fraction of sp³-hybridized carbons (Fsp3) is 0.562. The highest BCUT2D eigenvalue weighted by molar-refractivity contribution is 9.10. The molecule has 1 N–H and O–H groups in total. The van der Waals surface area contributed by atoms with Crippen molar-refractivity contribution in [1.82, 2.24) is 5.32 Å². The Balaban J connectivity index is 1.96. The smallest absolute Gasteiger partial charge is 0.252 e. The molecule has 0 saturated heterocycles. The summed E-state index contributed by atoms with van der Waals surface area (Å²) < 4.78 is 0.862. The summed E-state index contributed by atoms with van der Waals surface area (Å²) in [5.41, 5.74) is 1.84. The van der Waals surface area contributed by atoms with E-state index in [2.05, 4.69) is 37.2 Å². The van der Waals surface area contributed by atoms with Crippen LogP contribution < -0.4 is 5.32 Å². The lowest BCUT2D eigenvalue weighted by atomic mass is 9.80. The number of amides is 1. The Kier molecular flexibility index (Phi) is 6.09. The molecule has 0 radical (unpaired) electrons. The standard InChI is InChI=1S/C16H21Br2NO/c1-11-6-7-15(18)14(8-11)16(20)19-10-13-5-3-2-4-12(13)9-17/h6-8,12-13H,2-5,9-10H2,1H3,(H,19,20). The largest absolute Gasteiger partial charge is 0.352 e. The van der Waals surface area contributed by atoms with E-state index in [4.69, 9.17) is 0 Å². The molecule has 2 rings (SSSR count). The monoisotopic (exact) mass is 401 g/mol. The lowest BCUT2D eigenvalue weighted by molar-refractivity contribution is 0.0936.